The SMILES string of the molecule is O=C1N/C(=C/c2c(OCc3cccc([N+](=O)[O-])c3)ccc3ccccc23)C(=O)N1c1ccc(Cl)cc1. The molecule has 4 aromatic rings. The molecule has 0 unspecified atom stereocenters. The van der Waals surface area contributed by atoms with E-state index in [0.29, 0.717) is 27.6 Å². The first-order valence-corrected chi connectivity index (χ1v) is 11.3. The second kappa shape index (κ2) is 9.52. The van der Waals surface area contributed by atoms with Crippen molar-refractivity contribution in [3.63, 3.8) is 0 Å². The molecule has 0 bridgehead atoms. The Balaban J connectivity index is 1.51. The Hall–Kier alpha value is -4.69. The van der Waals surface area contributed by atoms with Crippen molar-refractivity contribution in [1.82, 2.24) is 5.32 Å². The summed E-state index contributed by atoms with van der Waals surface area (Å²) in [6.07, 6.45) is 1.58. The Morgan fingerprint density at radius 3 is 2.53 bits per heavy atom. The van der Waals surface area contributed by atoms with Crippen molar-refractivity contribution in [2.24, 2.45) is 0 Å². The van der Waals surface area contributed by atoms with Gasteiger partial charge in [-0.15, -0.1) is 0 Å². The fraction of sp³-hybridized carbons (Fsp3) is 0.0370. The van der Waals surface area contributed by atoms with Crippen LogP contribution in [0.3, 0.4) is 0 Å². The van der Waals surface area contributed by atoms with Crippen LogP contribution in [-0.2, 0) is 11.4 Å². The van der Waals surface area contributed by atoms with Crippen LogP contribution >= 0.6 is 11.6 Å². The third-order valence-corrected chi connectivity index (χ3v) is 5.95. The number of imide groups is 1. The van der Waals surface area contributed by atoms with E-state index in [1.54, 1.807) is 48.5 Å². The van der Waals surface area contributed by atoms with E-state index in [1.807, 2.05) is 30.3 Å². The highest BCUT2D eigenvalue weighted by atomic mass is 35.5. The topological polar surface area (TPSA) is 102 Å². The number of benzene rings is 4. The highest BCUT2D eigenvalue weighted by Crippen LogP contribution is 2.32. The average Bonchev–Trinajstić information content (AvgIpc) is 3.16. The number of halogens is 1. The molecule has 4 aromatic carbocycles. The van der Waals surface area contributed by atoms with Crippen molar-refractivity contribution in [3.05, 3.63) is 117 Å². The van der Waals surface area contributed by atoms with E-state index in [1.165, 1.54) is 12.1 Å². The maximum atomic E-state index is 13.2. The molecule has 0 aromatic heterocycles. The number of hydrogen-bond donors (Lipinski definition) is 1. The molecule has 1 saturated heterocycles. The molecule has 3 amide bonds. The molecule has 1 heterocycles. The summed E-state index contributed by atoms with van der Waals surface area (Å²) in [5.74, 6) is -0.0559. The molecule has 0 saturated carbocycles. The maximum Gasteiger partial charge on any atom is 0.333 e. The summed E-state index contributed by atoms with van der Waals surface area (Å²) < 4.78 is 6.04. The van der Waals surface area contributed by atoms with Gasteiger partial charge in [-0.05, 0) is 52.7 Å². The highest BCUT2D eigenvalue weighted by Gasteiger charge is 2.35. The van der Waals surface area contributed by atoms with Gasteiger partial charge in [0, 0.05) is 22.7 Å². The standard InChI is InChI=1S/C27H18ClN3O5/c28-19-9-11-20(12-10-19)30-26(32)24(29-27(30)33)15-23-22-7-2-1-5-18(22)8-13-25(23)36-16-17-4-3-6-21(14-17)31(34)35/h1-15H,16H2,(H,29,33)/b24-15+. The lowest BCUT2D eigenvalue weighted by molar-refractivity contribution is -0.384. The minimum atomic E-state index is -0.576. The Morgan fingerprint density at radius 1 is 0.972 bits per heavy atom. The zero-order chi connectivity index (χ0) is 25.2. The number of nitro groups is 1. The van der Waals surface area contributed by atoms with E-state index < -0.39 is 16.9 Å². The fourth-order valence-corrected chi connectivity index (χ4v) is 4.10. The van der Waals surface area contributed by atoms with Crippen LogP contribution < -0.4 is 15.0 Å². The lowest BCUT2D eigenvalue weighted by atomic mass is 10.0. The first-order valence-electron chi connectivity index (χ1n) is 10.9. The molecule has 1 N–H and O–H groups in total. The molecule has 0 aliphatic carbocycles. The Morgan fingerprint density at radius 2 is 1.75 bits per heavy atom. The van der Waals surface area contributed by atoms with Crippen molar-refractivity contribution in [2.45, 2.75) is 6.61 Å². The molecule has 0 atom stereocenters. The van der Waals surface area contributed by atoms with Gasteiger partial charge in [0.1, 0.15) is 18.1 Å². The smallest absolute Gasteiger partial charge is 0.333 e. The summed E-state index contributed by atoms with van der Waals surface area (Å²) in [6.45, 7) is 0.0768. The first-order chi connectivity index (χ1) is 17.4. The van der Waals surface area contributed by atoms with Gasteiger partial charge in [-0.25, -0.2) is 9.69 Å². The second-order valence-electron chi connectivity index (χ2n) is 8.02. The normalized spacial score (nSPS) is 14.4. The number of urea groups is 1. The predicted molar refractivity (Wildman–Crippen MR) is 137 cm³/mol. The van der Waals surface area contributed by atoms with E-state index in [9.17, 15) is 19.7 Å². The number of amides is 3. The van der Waals surface area contributed by atoms with Crippen molar-refractivity contribution in [2.75, 3.05) is 4.90 Å². The molecular weight excluding hydrogens is 482 g/mol. The third-order valence-electron chi connectivity index (χ3n) is 5.70. The highest BCUT2D eigenvalue weighted by molar-refractivity contribution is 6.31. The van der Waals surface area contributed by atoms with E-state index >= 15 is 0 Å². The van der Waals surface area contributed by atoms with Crippen LogP contribution in [0.5, 0.6) is 5.75 Å². The number of nitrogens with zero attached hydrogens (tertiary/aromatic N) is 2. The number of nitrogens with one attached hydrogen (secondary N) is 1. The van der Waals surface area contributed by atoms with Crippen LogP contribution in [-0.4, -0.2) is 16.9 Å². The molecule has 36 heavy (non-hydrogen) atoms. The van der Waals surface area contributed by atoms with Gasteiger partial charge in [-0.2, -0.15) is 0 Å². The van der Waals surface area contributed by atoms with Gasteiger partial charge in [0.25, 0.3) is 11.6 Å². The molecule has 5 rings (SSSR count). The van der Waals surface area contributed by atoms with Crippen LogP contribution in [0.2, 0.25) is 5.02 Å². The molecule has 1 aliphatic rings. The van der Waals surface area contributed by atoms with Gasteiger partial charge in [0.15, 0.2) is 0 Å². The summed E-state index contributed by atoms with van der Waals surface area (Å²) in [6, 6.07) is 23.2. The molecule has 9 heteroatoms. The summed E-state index contributed by atoms with van der Waals surface area (Å²) in [7, 11) is 0. The summed E-state index contributed by atoms with van der Waals surface area (Å²) in [5, 5.41) is 16.0. The summed E-state index contributed by atoms with van der Waals surface area (Å²) in [4.78, 5) is 37.5. The zero-order valence-electron chi connectivity index (χ0n) is 18.7. The van der Waals surface area contributed by atoms with Gasteiger partial charge < -0.3 is 10.1 Å². The number of rotatable bonds is 6. The van der Waals surface area contributed by atoms with E-state index in [-0.39, 0.29) is 18.0 Å². The summed E-state index contributed by atoms with van der Waals surface area (Å²) in [5.41, 5.74) is 1.67. The number of carbonyl (C=O) groups is 2. The van der Waals surface area contributed by atoms with Gasteiger partial charge in [0.2, 0.25) is 0 Å². The monoisotopic (exact) mass is 499 g/mol. The number of anilines is 1. The largest absolute Gasteiger partial charge is 0.488 e. The van der Waals surface area contributed by atoms with E-state index in [0.717, 1.165) is 15.7 Å². The van der Waals surface area contributed by atoms with Crippen molar-refractivity contribution >= 4 is 51.8 Å². The van der Waals surface area contributed by atoms with Gasteiger partial charge in [-0.1, -0.05) is 54.1 Å². The Kier molecular flexibility index (Phi) is 6.10. The number of non-ortho nitro benzene ring substituents is 1. The van der Waals surface area contributed by atoms with Gasteiger partial charge in [0.05, 0.1) is 10.6 Å². The molecular formula is C27H18ClN3O5. The minimum absolute atomic E-state index is 0.0292. The van der Waals surface area contributed by atoms with Crippen LogP contribution in [0.25, 0.3) is 16.8 Å². The molecule has 1 aliphatic heterocycles. The van der Waals surface area contributed by atoms with Crippen LogP contribution in [0.1, 0.15) is 11.1 Å². The van der Waals surface area contributed by atoms with Gasteiger partial charge >= 0.3 is 6.03 Å². The number of fused-ring (bicyclic) bond motifs is 1. The van der Waals surface area contributed by atoms with Crippen LogP contribution in [0, 0.1) is 10.1 Å². The number of ether oxygens (including phenoxy) is 1. The second-order valence-corrected chi connectivity index (χ2v) is 8.46. The fourth-order valence-electron chi connectivity index (χ4n) is 3.98. The van der Waals surface area contributed by atoms with Crippen molar-refractivity contribution in [1.29, 1.82) is 0 Å². The first kappa shape index (κ1) is 23.1. The third kappa shape index (κ3) is 4.49. The number of hydrogen-bond acceptors (Lipinski definition) is 5. The number of nitro benzene ring substituents is 1. The quantitative estimate of drug-likeness (QED) is 0.150. The molecule has 0 spiro atoms. The molecule has 1 fully saturated rings. The molecule has 178 valence electrons. The van der Waals surface area contributed by atoms with E-state index in [4.69, 9.17) is 16.3 Å². The van der Waals surface area contributed by atoms with E-state index in [2.05, 4.69) is 5.32 Å². The minimum Gasteiger partial charge on any atom is -0.488 e. The van der Waals surface area contributed by atoms with Gasteiger partial charge in [-0.3, -0.25) is 14.9 Å². The lowest BCUT2D eigenvalue weighted by Crippen LogP contribution is -2.30. The Bertz CT molecular complexity index is 1550. The average molecular weight is 500 g/mol. The Labute approximate surface area is 210 Å². The zero-order valence-corrected chi connectivity index (χ0v) is 19.4. The predicted octanol–water partition coefficient (Wildman–Crippen LogP) is 6.08. The lowest BCUT2D eigenvalue weighted by Gasteiger charge is -2.13. The maximum absolute atomic E-state index is 13.2. The van der Waals surface area contributed by atoms with Crippen molar-refractivity contribution in [3.8, 4) is 5.75 Å². The molecule has 0 radical (unpaired) electrons. The van der Waals surface area contributed by atoms with Crippen LogP contribution in [0.4, 0.5) is 16.2 Å². The van der Waals surface area contributed by atoms with Crippen LogP contribution in [0.15, 0.2) is 90.6 Å². The molecule has 8 nitrogen and oxygen atoms in total. The summed E-state index contributed by atoms with van der Waals surface area (Å²) >= 11 is 5.94. The number of carbonyl (C=O) groups excluding carboxylic acids is 2. The van der Waals surface area contributed by atoms with Crippen molar-refractivity contribution < 1.29 is 19.2 Å².